The van der Waals surface area contributed by atoms with Gasteiger partial charge in [-0.25, -0.2) is 0 Å². The Morgan fingerprint density at radius 2 is 1.85 bits per heavy atom. The lowest BCUT2D eigenvalue weighted by Gasteiger charge is -2.23. The third-order valence-corrected chi connectivity index (χ3v) is 6.69. The van der Waals surface area contributed by atoms with Gasteiger partial charge in [0.1, 0.15) is 17.1 Å². The summed E-state index contributed by atoms with van der Waals surface area (Å²) >= 11 is 0. The fourth-order valence-electron chi connectivity index (χ4n) is 5.17. The fourth-order valence-corrected chi connectivity index (χ4v) is 5.17. The zero-order valence-electron chi connectivity index (χ0n) is 18.1. The van der Waals surface area contributed by atoms with Crippen molar-refractivity contribution in [1.82, 2.24) is 0 Å². The van der Waals surface area contributed by atoms with E-state index in [1.165, 1.54) is 0 Å². The summed E-state index contributed by atoms with van der Waals surface area (Å²) in [5.41, 5.74) is 0.381. The van der Waals surface area contributed by atoms with Gasteiger partial charge >= 0.3 is 0 Å². The Balaban J connectivity index is 1.28. The lowest BCUT2D eigenvalue weighted by atomic mass is 9.77. The molecular weight excluding hydrogens is 428 g/mol. The van der Waals surface area contributed by atoms with E-state index in [2.05, 4.69) is 5.32 Å². The summed E-state index contributed by atoms with van der Waals surface area (Å²) in [4.78, 5) is 28.6. The number of benzene rings is 2. The minimum Gasteiger partial charge on any atom is -0.497 e. The number of nitrogens with zero attached hydrogens (tertiary/aromatic N) is 1. The Labute approximate surface area is 189 Å². The van der Waals surface area contributed by atoms with Crippen LogP contribution in [0, 0.1) is 11.8 Å². The molecule has 2 fully saturated rings. The minimum atomic E-state index is -0.827. The van der Waals surface area contributed by atoms with Crippen LogP contribution in [0.5, 0.6) is 23.0 Å². The largest absolute Gasteiger partial charge is 0.497 e. The van der Waals surface area contributed by atoms with Crippen LogP contribution in [0.3, 0.4) is 0 Å². The van der Waals surface area contributed by atoms with Gasteiger partial charge in [0.25, 0.3) is 0 Å². The second-order valence-corrected chi connectivity index (χ2v) is 8.45. The molecule has 2 saturated heterocycles. The predicted molar refractivity (Wildman–Crippen MR) is 117 cm³/mol. The van der Waals surface area contributed by atoms with E-state index >= 15 is 0 Å². The molecule has 4 heterocycles. The van der Waals surface area contributed by atoms with Crippen molar-refractivity contribution in [3.63, 3.8) is 0 Å². The van der Waals surface area contributed by atoms with Crippen LogP contribution >= 0.6 is 0 Å². The van der Waals surface area contributed by atoms with Crippen LogP contribution in [0.25, 0.3) is 0 Å². The van der Waals surface area contributed by atoms with Crippen LogP contribution in [0.4, 0.5) is 11.4 Å². The van der Waals surface area contributed by atoms with Crippen LogP contribution < -0.4 is 29.2 Å². The van der Waals surface area contributed by atoms with Crippen LogP contribution in [0.1, 0.15) is 0 Å². The monoisotopic (exact) mass is 450 g/mol. The lowest BCUT2D eigenvalue weighted by molar-refractivity contribution is -0.128. The molecule has 0 aliphatic carbocycles. The third-order valence-electron chi connectivity index (χ3n) is 6.69. The summed E-state index contributed by atoms with van der Waals surface area (Å²) in [5.74, 6) is 0.636. The van der Waals surface area contributed by atoms with Crippen molar-refractivity contribution in [1.29, 1.82) is 0 Å². The Bertz CT molecular complexity index is 1170. The molecule has 2 aromatic rings. The minimum absolute atomic E-state index is 0.149. The van der Waals surface area contributed by atoms with E-state index < -0.39 is 23.5 Å². The number of nitrogens with one attached hydrogen (secondary N) is 1. The lowest BCUT2D eigenvalue weighted by Crippen LogP contribution is -2.41. The third kappa shape index (κ3) is 2.96. The van der Waals surface area contributed by atoms with Gasteiger partial charge in [0.15, 0.2) is 11.5 Å². The van der Waals surface area contributed by atoms with Crippen molar-refractivity contribution in [3.05, 3.63) is 48.6 Å². The Morgan fingerprint density at radius 1 is 1.09 bits per heavy atom. The molecular formula is C24H22N2O7. The number of ether oxygens (including phenoxy) is 5. The Morgan fingerprint density at radius 3 is 2.61 bits per heavy atom. The number of amides is 2. The van der Waals surface area contributed by atoms with Crippen LogP contribution in [0.15, 0.2) is 48.6 Å². The van der Waals surface area contributed by atoms with Gasteiger partial charge in [-0.15, -0.1) is 0 Å². The van der Waals surface area contributed by atoms with Crippen molar-refractivity contribution in [2.24, 2.45) is 11.8 Å². The number of anilines is 2. The zero-order valence-corrected chi connectivity index (χ0v) is 18.1. The summed E-state index contributed by atoms with van der Waals surface area (Å²) in [5, 5.41) is 2.92. The normalized spacial score (nSPS) is 28.2. The van der Waals surface area contributed by atoms with Crippen molar-refractivity contribution in [3.8, 4) is 23.0 Å². The second kappa shape index (κ2) is 7.14. The van der Waals surface area contributed by atoms with Gasteiger partial charge in [-0.2, -0.15) is 0 Å². The number of hydrogen-bond donors (Lipinski definition) is 1. The Hall–Kier alpha value is -3.72. The quantitative estimate of drug-likeness (QED) is 0.699. The highest BCUT2D eigenvalue weighted by molar-refractivity contribution is 6.05. The first-order valence-electron chi connectivity index (χ1n) is 10.6. The molecule has 1 N–H and O–H groups in total. The van der Waals surface area contributed by atoms with Gasteiger partial charge in [-0.05, 0) is 12.1 Å². The molecule has 0 unspecified atom stereocenters. The van der Waals surface area contributed by atoms with Crippen molar-refractivity contribution < 1.29 is 33.3 Å². The van der Waals surface area contributed by atoms with Crippen LogP contribution in [0.2, 0.25) is 0 Å². The average Bonchev–Trinajstić information content (AvgIpc) is 3.58. The molecule has 2 bridgehead atoms. The Kier molecular flexibility index (Phi) is 4.31. The van der Waals surface area contributed by atoms with E-state index in [1.807, 2.05) is 18.2 Å². The van der Waals surface area contributed by atoms with Crippen molar-refractivity contribution in [2.75, 3.05) is 37.8 Å². The first kappa shape index (κ1) is 19.9. The maximum absolute atomic E-state index is 13.6. The molecule has 2 aromatic carbocycles. The molecule has 4 aliphatic heterocycles. The molecule has 4 atom stereocenters. The molecule has 4 aliphatic rings. The summed E-state index contributed by atoms with van der Waals surface area (Å²) in [6, 6.07) is 10.5. The van der Waals surface area contributed by atoms with Crippen LogP contribution in [-0.4, -0.2) is 51.1 Å². The van der Waals surface area contributed by atoms with Gasteiger partial charge < -0.3 is 33.9 Å². The topological polar surface area (TPSA) is 95.6 Å². The summed E-state index contributed by atoms with van der Waals surface area (Å²) in [7, 11) is 3.08. The average molecular weight is 450 g/mol. The SMILES string of the molecule is COc1cc(NC(=O)[C@@H]2[C@H]3C(=O)N(c4ccc5c(c4)OCO5)C[C@@]34C=C[C@H]2O4)cc(OC)c1. The van der Waals surface area contributed by atoms with Gasteiger partial charge in [0, 0.05) is 35.6 Å². The van der Waals surface area contributed by atoms with Crippen molar-refractivity contribution >= 4 is 23.2 Å². The number of rotatable bonds is 5. The zero-order chi connectivity index (χ0) is 22.7. The number of carbonyl (C=O) groups excluding carboxylic acids is 2. The molecule has 0 aromatic heterocycles. The number of carbonyl (C=O) groups is 2. The smallest absolute Gasteiger partial charge is 0.234 e. The van der Waals surface area contributed by atoms with E-state index in [1.54, 1.807) is 49.5 Å². The van der Waals surface area contributed by atoms with E-state index in [-0.39, 0.29) is 18.6 Å². The highest BCUT2D eigenvalue weighted by Crippen LogP contribution is 2.53. The first-order chi connectivity index (χ1) is 16.0. The van der Waals surface area contributed by atoms with Crippen LogP contribution in [-0.2, 0) is 14.3 Å². The van der Waals surface area contributed by atoms with E-state index in [4.69, 9.17) is 23.7 Å². The molecule has 0 radical (unpaired) electrons. The predicted octanol–water partition coefficient (Wildman–Crippen LogP) is 2.36. The van der Waals surface area contributed by atoms with Gasteiger partial charge in [-0.3, -0.25) is 9.59 Å². The van der Waals surface area contributed by atoms with Gasteiger partial charge in [-0.1, -0.05) is 12.2 Å². The van der Waals surface area contributed by atoms with E-state index in [0.717, 1.165) is 0 Å². The summed E-state index contributed by atoms with van der Waals surface area (Å²) < 4.78 is 27.6. The van der Waals surface area contributed by atoms with E-state index in [9.17, 15) is 9.59 Å². The molecule has 2 amide bonds. The first-order valence-corrected chi connectivity index (χ1v) is 10.6. The summed E-state index contributed by atoms with van der Waals surface area (Å²) in [6.45, 7) is 0.490. The van der Waals surface area contributed by atoms with Gasteiger partial charge in [0.05, 0.1) is 38.7 Å². The van der Waals surface area contributed by atoms with Crippen molar-refractivity contribution in [2.45, 2.75) is 11.7 Å². The fraction of sp³-hybridized carbons (Fsp3) is 0.333. The molecule has 1 spiro atoms. The summed E-state index contributed by atoms with van der Waals surface area (Å²) in [6.07, 6.45) is 3.35. The van der Waals surface area contributed by atoms with E-state index in [0.29, 0.717) is 40.9 Å². The number of methoxy groups -OCH3 is 2. The highest BCUT2D eigenvalue weighted by Gasteiger charge is 2.67. The number of fused-ring (bicyclic) bond motifs is 2. The molecule has 170 valence electrons. The standard InChI is InChI=1S/C24H22N2O7/c1-29-15-7-13(8-16(10-15)30-2)25-22(27)20-18-5-6-24(33-18)11-26(23(28)21(20)24)14-3-4-17-19(9-14)32-12-31-17/h3-10,18,20-21H,11-12H2,1-2H3,(H,25,27)/t18-,20+,21+,24+/m1/s1. The molecule has 0 saturated carbocycles. The maximum atomic E-state index is 13.6. The molecule has 9 heteroatoms. The maximum Gasteiger partial charge on any atom is 0.234 e. The highest BCUT2D eigenvalue weighted by atomic mass is 16.7. The van der Waals surface area contributed by atoms with Gasteiger partial charge in [0.2, 0.25) is 18.6 Å². The molecule has 6 rings (SSSR count). The second-order valence-electron chi connectivity index (χ2n) is 8.45. The molecule has 9 nitrogen and oxygen atoms in total. The molecule has 33 heavy (non-hydrogen) atoms. The number of hydrogen-bond acceptors (Lipinski definition) is 7.